The molecule has 0 aliphatic rings. The van der Waals surface area contributed by atoms with Gasteiger partial charge in [0.2, 0.25) is 5.43 Å². The lowest BCUT2D eigenvalue weighted by Gasteiger charge is -2.15. The fraction of sp³-hybridized carbons (Fsp3) is 0. The van der Waals surface area contributed by atoms with E-state index in [9.17, 15) is 9.59 Å². The molecule has 2 aromatic carbocycles. The summed E-state index contributed by atoms with van der Waals surface area (Å²) in [5.74, 6) is 4.33. The molecule has 3 rings (SSSR count). The quantitative estimate of drug-likeness (QED) is 0.363. The molecule has 0 saturated heterocycles. The van der Waals surface area contributed by atoms with E-state index >= 15 is 0 Å². The van der Waals surface area contributed by atoms with E-state index < -0.39 is 11.3 Å². The van der Waals surface area contributed by atoms with E-state index in [0.717, 1.165) is 0 Å². The summed E-state index contributed by atoms with van der Waals surface area (Å²) < 4.78 is 1.41. The molecule has 140 valence electrons. The predicted molar refractivity (Wildman–Crippen MR) is 109 cm³/mol. The molecule has 1 heterocycles. The zero-order chi connectivity index (χ0) is 18.8. The molecule has 0 fully saturated rings. The number of benzene rings is 2. The molecule has 6 nitrogen and oxygen atoms in total. The average molecular weight is 446 g/mol. The van der Waals surface area contributed by atoms with E-state index in [4.69, 9.17) is 40.6 Å². The zero-order valence-electron chi connectivity index (χ0n) is 13.4. The summed E-state index contributed by atoms with van der Waals surface area (Å²) in [5.41, 5.74) is 2.44. The van der Waals surface area contributed by atoms with E-state index in [1.165, 1.54) is 10.7 Å². The summed E-state index contributed by atoms with van der Waals surface area (Å²) in [7, 11) is 0. The lowest BCUT2D eigenvalue weighted by molar-refractivity contribution is 0.0946. The molecule has 0 saturated carbocycles. The Hall–Kier alpha value is -2.09. The van der Waals surface area contributed by atoms with Crippen LogP contribution in [0.25, 0.3) is 16.9 Å². The minimum absolute atomic E-state index is 0. The van der Waals surface area contributed by atoms with Crippen molar-refractivity contribution in [1.82, 2.24) is 15.2 Å². The van der Waals surface area contributed by atoms with Gasteiger partial charge in [-0.25, -0.2) is 10.5 Å². The van der Waals surface area contributed by atoms with E-state index in [2.05, 4.69) is 5.10 Å². The van der Waals surface area contributed by atoms with Crippen LogP contribution in [0.3, 0.4) is 0 Å². The van der Waals surface area contributed by atoms with Crippen LogP contribution in [0.15, 0.2) is 53.3 Å². The third kappa shape index (κ3) is 4.43. The minimum atomic E-state index is -0.800. The second kappa shape index (κ2) is 8.73. The van der Waals surface area contributed by atoms with Gasteiger partial charge in [0.05, 0.1) is 16.4 Å². The monoisotopic (exact) mass is 444 g/mol. The van der Waals surface area contributed by atoms with Crippen molar-refractivity contribution in [2.45, 2.75) is 0 Å². The van der Waals surface area contributed by atoms with Crippen molar-refractivity contribution in [3.8, 4) is 16.9 Å². The number of nitrogens with two attached hydrogens (primary N) is 1. The first-order valence-corrected chi connectivity index (χ1v) is 8.41. The van der Waals surface area contributed by atoms with Gasteiger partial charge in [0, 0.05) is 21.7 Å². The predicted octanol–water partition coefficient (Wildman–Crippen LogP) is 3.89. The molecule has 0 aliphatic carbocycles. The number of hydrogen-bond acceptors (Lipinski definition) is 4. The fourth-order valence-electron chi connectivity index (χ4n) is 2.35. The van der Waals surface area contributed by atoms with Gasteiger partial charge in [0.15, 0.2) is 5.69 Å². The first-order valence-electron chi connectivity index (χ1n) is 7.27. The molecule has 0 bridgehead atoms. The number of amides is 1. The van der Waals surface area contributed by atoms with Crippen molar-refractivity contribution in [2.24, 2.45) is 5.84 Å². The number of hydrogen-bond donors (Lipinski definition) is 2. The first kappa shape index (κ1) is 21.2. The van der Waals surface area contributed by atoms with E-state index in [-0.39, 0.29) is 18.1 Å². The number of nitrogens with one attached hydrogen (secondary N) is 1. The van der Waals surface area contributed by atoms with E-state index in [1.807, 2.05) is 5.43 Å². The number of carbonyl (C=O) groups is 1. The van der Waals surface area contributed by atoms with Crippen LogP contribution in [0.2, 0.25) is 15.1 Å². The van der Waals surface area contributed by atoms with Crippen LogP contribution in [0.1, 0.15) is 10.5 Å². The summed E-state index contributed by atoms with van der Waals surface area (Å²) in [6.07, 6.45) is 0. The molecule has 3 aromatic rings. The third-order valence-electron chi connectivity index (χ3n) is 3.55. The van der Waals surface area contributed by atoms with Gasteiger partial charge in [-0.1, -0.05) is 34.8 Å². The molecule has 1 amide bonds. The Labute approximate surface area is 175 Å². The third-order valence-corrected chi connectivity index (χ3v) is 4.35. The van der Waals surface area contributed by atoms with Crippen LogP contribution in [0, 0.1) is 0 Å². The van der Waals surface area contributed by atoms with Gasteiger partial charge in [0.1, 0.15) is 0 Å². The lowest BCUT2D eigenvalue weighted by atomic mass is 10.1. The molecular weight excluding hydrogens is 434 g/mol. The van der Waals surface area contributed by atoms with Gasteiger partial charge in [-0.2, -0.15) is 5.10 Å². The van der Waals surface area contributed by atoms with Crippen LogP contribution in [0.4, 0.5) is 0 Å². The molecular formula is C17H12Cl4N4O2. The van der Waals surface area contributed by atoms with Crippen LogP contribution < -0.4 is 16.7 Å². The summed E-state index contributed by atoms with van der Waals surface area (Å²) in [6.45, 7) is 0. The highest BCUT2D eigenvalue weighted by Gasteiger charge is 2.18. The number of hydrazine groups is 1. The molecule has 27 heavy (non-hydrogen) atoms. The molecule has 0 aliphatic heterocycles. The second-order valence-electron chi connectivity index (χ2n) is 5.23. The van der Waals surface area contributed by atoms with Crippen molar-refractivity contribution in [3.63, 3.8) is 0 Å². The molecule has 10 heteroatoms. The van der Waals surface area contributed by atoms with Crippen LogP contribution in [-0.4, -0.2) is 15.7 Å². The Morgan fingerprint density at radius 3 is 2.22 bits per heavy atom. The van der Waals surface area contributed by atoms with Crippen molar-refractivity contribution in [1.29, 1.82) is 0 Å². The Morgan fingerprint density at radius 2 is 1.63 bits per heavy atom. The van der Waals surface area contributed by atoms with Crippen molar-refractivity contribution >= 4 is 53.1 Å². The van der Waals surface area contributed by atoms with Gasteiger partial charge in [0.25, 0.3) is 5.91 Å². The number of carbonyl (C=O) groups excluding carboxylic acids is 1. The van der Waals surface area contributed by atoms with Crippen LogP contribution in [0.5, 0.6) is 0 Å². The molecule has 0 radical (unpaired) electrons. The highest BCUT2D eigenvalue weighted by Crippen LogP contribution is 2.31. The number of nitrogens with zero attached hydrogens (tertiary/aromatic N) is 2. The maximum Gasteiger partial charge on any atom is 0.289 e. The highest BCUT2D eigenvalue weighted by molar-refractivity contribution is 6.36. The Kier molecular flexibility index (Phi) is 6.86. The number of aromatic nitrogens is 2. The number of rotatable bonds is 3. The van der Waals surface area contributed by atoms with E-state index in [0.29, 0.717) is 32.0 Å². The van der Waals surface area contributed by atoms with Gasteiger partial charge in [-0.3, -0.25) is 15.0 Å². The normalized spacial score (nSPS) is 10.2. The average Bonchev–Trinajstić information content (AvgIpc) is 2.62. The SMILES string of the molecule is Cl.NNC(=O)c1nn(-c2ccc(Cl)cc2)c(-c2ccc(Cl)cc2Cl)cc1=O. The van der Waals surface area contributed by atoms with Gasteiger partial charge in [-0.15, -0.1) is 12.4 Å². The number of nitrogen functional groups attached to an aromatic ring is 1. The zero-order valence-corrected chi connectivity index (χ0v) is 16.5. The topological polar surface area (TPSA) is 90.0 Å². The Bertz CT molecular complexity index is 1050. The molecule has 0 atom stereocenters. The van der Waals surface area contributed by atoms with Gasteiger partial charge >= 0.3 is 0 Å². The molecule has 3 N–H and O–H groups in total. The summed E-state index contributed by atoms with van der Waals surface area (Å²) in [6, 6.07) is 12.8. The van der Waals surface area contributed by atoms with Crippen molar-refractivity contribution in [2.75, 3.05) is 0 Å². The smallest absolute Gasteiger partial charge is 0.289 e. The Morgan fingerprint density at radius 1 is 1.00 bits per heavy atom. The van der Waals surface area contributed by atoms with E-state index in [1.54, 1.807) is 42.5 Å². The lowest BCUT2D eigenvalue weighted by Crippen LogP contribution is -2.36. The highest BCUT2D eigenvalue weighted by atomic mass is 35.5. The molecule has 0 unspecified atom stereocenters. The Balaban J connectivity index is 0.00000261. The van der Waals surface area contributed by atoms with Gasteiger partial charge in [-0.05, 0) is 42.5 Å². The fourth-order valence-corrected chi connectivity index (χ4v) is 2.98. The maximum atomic E-state index is 12.3. The first-order chi connectivity index (χ1) is 12.4. The van der Waals surface area contributed by atoms with Crippen molar-refractivity contribution in [3.05, 3.63) is 79.5 Å². The summed E-state index contributed by atoms with van der Waals surface area (Å²) in [4.78, 5) is 24.2. The molecule has 0 spiro atoms. The van der Waals surface area contributed by atoms with Crippen LogP contribution in [-0.2, 0) is 0 Å². The largest absolute Gasteiger partial charge is 0.289 e. The molecule has 1 aromatic heterocycles. The minimum Gasteiger partial charge on any atom is -0.289 e. The number of halogens is 4. The van der Waals surface area contributed by atoms with Crippen molar-refractivity contribution < 1.29 is 4.79 Å². The maximum absolute atomic E-state index is 12.3. The standard InChI is InChI=1S/C17H11Cl3N4O2.ClH/c18-9-1-4-11(5-2-9)24-14(12-6-3-10(19)7-13(12)20)8-15(25)16(23-24)17(26)22-21;/h1-8H,21H2,(H,22,26);1H. The van der Waals surface area contributed by atoms with Gasteiger partial charge < -0.3 is 0 Å². The summed E-state index contributed by atoms with van der Waals surface area (Å²) in [5, 5.41) is 5.47. The second-order valence-corrected chi connectivity index (χ2v) is 6.51. The summed E-state index contributed by atoms with van der Waals surface area (Å²) >= 11 is 18.2. The van der Waals surface area contributed by atoms with Crippen LogP contribution >= 0.6 is 47.2 Å².